The molecule has 0 atom stereocenters. The zero-order valence-electron chi connectivity index (χ0n) is 16.6. The van der Waals surface area contributed by atoms with Crippen LogP contribution in [0.15, 0.2) is 57.4 Å². The van der Waals surface area contributed by atoms with Crippen LogP contribution < -0.4 is 0 Å². The highest BCUT2D eigenvalue weighted by molar-refractivity contribution is 9.10. The number of para-hydroxylation sites is 1. The SMILES string of the molecule is O=C(COC(=O)c1oc2ccccc2c1CSC1CCCCC1)c1ccc(Br)cc1. The third-order valence-corrected chi connectivity index (χ3v) is 7.33. The van der Waals surface area contributed by atoms with Crippen molar-refractivity contribution in [3.63, 3.8) is 0 Å². The molecule has 1 aromatic heterocycles. The number of carbonyl (C=O) groups excluding carboxylic acids is 2. The lowest BCUT2D eigenvalue weighted by molar-refractivity contribution is 0.0445. The van der Waals surface area contributed by atoms with Crippen LogP contribution in [-0.4, -0.2) is 23.6 Å². The van der Waals surface area contributed by atoms with Gasteiger partial charge in [0.2, 0.25) is 5.76 Å². The standard InChI is InChI=1S/C24H23BrO4S/c25-17-12-10-16(11-13-17)21(26)14-28-24(27)23-20(15-30-18-6-2-1-3-7-18)19-8-4-5-9-22(19)29-23/h4-5,8-13,18H,1-3,6-7,14-15H2. The topological polar surface area (TPSA) is 56.5 Å². The van der Waals surface area contributed by atoms with E-state index < -0.39 is 5.97 Å². The lowest BCUT2D eigenvalue weighted by Gasteiger charge is -2.20. The van der Waals surface area contributed by atoms with Gasteiger partial charge in [0.15, 0.2) is 12.4 Å². The van der Waals surface area contributed by atoms with Gasteiger partial charge < -0.3 is 9.15 Å². The fourth-order valence-corrected chi connectivity index (χ4v) is 5.38. The molecule has 0 amide bonds. The summed E-state index contributed by atoms with van der Waals surface area (Å²) in [5, 5.41) is 1.56. The summed E-state index contributed by atoms with van der Waals surface area (Å²) in [4.78, 5) is 25.1. The van der Waals surface area contributed by atoms with Gasteiger partial charge in [-0.15, -0.1) is 0 Å². The van der Waals surface area contributed by atoms with Gasteiger partial charge >= 0.3 is 5.97 Å². The first-order valence-electron chi connectivity index (χ1n) is 10.2. The van der Waals surface area contributed by atoms with E-state index in [0.29, 0.717) is 22.1 Å². The van der Waals surface area contributed by atoms with Crippen LogP contribution >= 0.6 is 27.7 Å². The molecule has 3 aromatic rings. The number of fused-ring (bicyclic) bond motifs is 1. The number of carbonyl (C=O) groups is 2. The van der Waals surface area contributed by atoms with E-state index in [-0.39, 0.29) is 18.2 Å². The normalized spacial score (nSPS) is 14.7. The molecule has 0 bridgehead atoms. The third-order valence-electron chi connectivity index (χ3n) is 5.40. The number of furan rings is 1. The van der Waals surface area contributed by atoms with Gasteiger partial charge in [-0.2, -0.15) is 11.8 Å². The molecule has 6 heteroatoms. The molecule has 4 nitrogen and oxygen atoms in total. The molecule has 0 spiro atoms. The molecule has 30 heavy (non-hydrogen) atoms. The molecule has 1 heterocycles. The Bertz CT molecular complexity index is 1040. The first-order chi connectivity index (χ1) is 14.6. The summed E-state index contributed by atoms with van der Waals surface area (Å²) in [7, 11) is 0. The maximum atomic E-state index is 12.8. The second-order valence-corrected chi connectivity index (χ2v) is 9.69. The minimum absolute atomic E-state index is 0.211. The summed E-state index contributed by atoms with van der Waals surface area (Å²) < 4.78 is 12.1. The van der Waals surface area contributed by atoms with Gasteiger partial charge in [0, 0.05) is 32.0 Å². The predicted molar refractivity (Wildman–Crippen MR) is 123 cm³/mol. The highest BCUT2D eigenvalue weighted by Gasteiger charge is 2.24. The summed E-state index contributed by atoms with van der Waals surface area (Å²) in [5.41, 5.74) is 2.04. The average Bonchev–Trinajstić information content (AvgIpc) is 3.16. The average molecular weight is 487 g/mol. The van der Waals surface area contributed by atoms with Crippen molar-refractivity contribution in [2.24, 2.45) is 0 Å². The van der Waals surface area contributed by atoms with Crippen LogP contribution in [0.25, 0.3) is 11.0 Å². The zero-order chi connectivity index (χ0) is 20.9. The summed E-state index contributed by atoms with van der Waals surface area (Å²) in [5.74, 6) is 0.0800. The van der Waals surface area contributed by atoms with Gasteiger partial charge in [0.25, 0.3) is 0 Å². The Hall–Kier alpha value is -2.05. The van der Waals surface area contributed by atoms with Crippen LogP contribution in [0.5, 0.6) is 0 Å². The zero-order valence-corrected chi connectivity index (χ0v) is 19.0. The van der Waals surface area contributed by atoms with E-state index >= 15 is 0 Å². The molecule has 1 fully saturated rings. The number of ether oxygens (including phenoxy) is 1. The molecule has 0 saturated heterocycles. The van der Waals surface area contributed by atoms with Crippen LogP contribution in [0.1, 0.15) is 58.6 Å². The Kier molecular flexibility index (Phi) is 6.95. The van der Waals surface area contributed by atoms with Crippen molar-refractivity contribution in [1.29, 1.82) is 0 Å². The summed E-state index contributed by atoms with van der Waals surface area (Å²) in [6, 6.07) is 14.6. The van der Waals surface area contributed by atoms with E-state index in [4.69, 9.17) is 9.15 Å². The number of hydrogen-bond donors (Lipinski definition) is 0. The van der Waals surface area contributed by atoms with E-state index in [1.165, 1.54) is 32.1 Å². The third kappa shape index (κ3) is 4.98. The number of Topliss-reactive ketones (excluding diaryl/α,β-unsaturated/α-hetero) is 1. The minimum atomic E-state index is -0.587. The molecule has 0 aliphatic heterocycles. The molecular formula is C24H23BrO4S. The van der Waals surface area contributed by atoms with E-state index in [1.54, 1.807) is 24.3 Å². The van der Waals surface area contributed by atoms with Crippen molar-refractivity contribution in [2.45, 2.75) is 43.1 Å². The van der Waals surface area contributed by atoms with Gasteiger partial charge in [-0.05, 0) is 31.0 Å². The Balaban J connectivity index is 1.48. The minimum Gasteiger partial charge on any atom is -0.451 e. The fourth-order valence-electron chi connectivity index (χ4n) is 3.76. The van der Waals surface area contributed by atoms with Crippen LogP contribution in [0.2, 0.25) is 0 Å². The Morgan fingerprint density at radius 2 is 1.77 bits per heavy atom. The molecular weight excluding hydrogens is 464 g/mol. The van der Waals surface area contributed by atoms with Gasteiger partial charge in [-0.1, -0.05) is 65.5 Å². The van der Waals surface area contributed by atoms with Crippen LogP contribution in [-0.2, 0) is 10.5 Å². The summed E-state index contributed by atoms with van der Waals surface area (Å²) >= 11 is 5.23. The first-order valence-corrected chi connectivity index (χ1v) is 12.0. The van der Waals surface area contributed by atoms with Crippen LogP contribution in [0.3, 0.4) is 0 Å². The Morgan fingerprint density at radius 1 is 1.03 bits per heavy atom. The second kappa shape index (κ2) is 9.84. The van der Waals surface area contributed by atoms with Crippen molar-refractivity contribution in [3.05, 3.63) is 69.9 Å². The number of thioether (sulfide) groups is 1. The molecule has 0 N–H and O–H groups in total. The highest BCUT2D eigenvalue weighted by atomic mass is 79.9. The molecule has 0 unspecified atom stereocenters. The van der Waals surface area contributed by atoms with Crippen molar-refractivity contribution in [3.8, 4) is 0 Å². The molecule has 0 radical (unpaired) electrons. The van der Waals surface area contributed by atoms with Gasteiger partial charge in [0.1, 0.15) is 5.58 Å². The number of rotatable bonds is 7. The molecule has 4 rings (SSSR count). The van der Waals surface area contributed by atoms with Crippen molar-refractivity contribution < 1.29 is 18.7 Å². The second-order valence-electron chi connectivity index (χ2n) is 7.48. The monoisotopic (exact) mass is 486 g/mol. The van der Waals surface area contributed by atoms with E-state index in [9.17, 15) is 9.59 Å². The Labute approximate surface area is 188 Å². The van der Waals surface area contributed by atoms with Gasteiger partial charge in [-0.25, -0.2) is 4.79 Å². The Morgan fingerprint density at radius 3 is 2.53 bits per heavy atom. The number of hydrogen-bond acceptors (Lipinski definition) is 5. The van der Waals surface area contributed by atoms with Crippen LogP contribution in [0.4, 0.5) is 0 Å². The van der Waals surface area contributed by atoms with E-state index in [2.05, 4.69) is 15.9 Å². The van der Waals surface area contributed by atoms with E-state index in [0.717, 1.165) is 15.4 Å². The van der Waals surface area contributed by atoms with Crippen molar-refractivity contribution in [1.82, 2.24) is 0 Å². The quantitative estimate of drug-likeness (QED) is 0.271. The number of benzene rings is 2. The maximum absolute atomic E-state index is 12.8. The number of esters is 1. The lowest BCUT2D eigenvalue weighted by atomic mass is 10.0. The van der Waals surface area contributed by atoms with E-state index in [1.807, 2.05) is 36.0 Å². The molecule has 156 valence electrons. The first kappa shape index (κ1) is 21.2. The predicted octanol–water partition coefficient (Wildman–Crippen LogP) is 6.80. The van der Waals surface area contributed by atoms with Crippen LogP contribution in [0, 0.1) is 0 Å². The lowest BCUT2D eigenvalue weighted by Crippen LogP contribution is -2.15. The fraction of sp³-hybridized carbons (Fsp3) is 0.333. The smallest absolute Gasteiger partial charge is 0.375 e. The summed E-state index contributed by atoms with van der Waals surface area (Å²) in [6.07, 6.45) is 6.31. The highest BCUT2D eigenvalue weighted by Crippen LogP contribution is 2.35. The molecule has 2 aromatic carbocycles. The molecule has 1 saturated carbocycles. The van der Waals surface area contributed by atoms with Gasteiger partial charge in [0.05, 0.1) is 0 Å². The van der Waals surface area contributed by atoms with Crippen molar-refractivity contribution >= 4 is 50.4 Å². The number of ketones is 1. The summed E-state index contributed by atoms with van der Waals surface area (Å²) in [6.45, 7) is -0.313. The molecule has 1 aliphatic rings. The van der Waals surface area contributed by atoms with Crippen molar-refractivity contribution in [2.75, 3.05) is 6.61 Å². The number of halogens is 1. The largest absolute Gasteiger partial charge is 0.451 e. The molecule has 1 aliphatic carbocycles. The van der Waals surface area contributed by atoms with Gasteiger partial charge in [-0.3, -0.25) is 4.79 Å². The maximum Gasteiger partial charge on any atom is 0.375 e.